The summed E-state index contributed by atoms with van der Waals surface area (Å²) in [5, 5.41) is 13.5. The van der Waals surface area contributed by atoms with Gasteiger partial charge in [0.2, 0.25) is 11.8 Å². The second-order valence-electron chi connectivity index (χ2n) is 8.89. The summed E-state index contributed by atoms with van der Waals surface area (Å²) in [7, 11) is 0. The van der Waals surface area contributed by atoms with Crippen molar-refractivity contribution in [1.82, 2.24) is 19.9 Å². The number of H-pyrrole nitrogens is 1. The molecule has 202 valence electrons. The molecular weight excluding hydrogens is 502 g/mol. The lowest BCUT2D eigenvalue weighted by atomic mass is 9.97. The molecule has 0 spiro atoms. The number of aromatic nitrogens is 3. The molecule has 6 N–H and O–H groups in total. The fourth-order valence-corrected chi connectivity index (χ4v) is 3.76. The first-order valence-electron chi connectivity index (χ1n) is 11.7. The topological polar surface area (TPSA) is 172 Å². The molecule has 2 heterocycles. The molecule has 0 aliphatic rings. The Morgan fingerprint density at radius 3 is 2.63 bits per heavy atom. The van der Waals surface area contributed by atoms with Crippen LogP contribution in [0.1, 0.15) is 38.1 Å². The molecule has 0 saturated heterocycles. The number of hydrogen-bond acceptors (Lipinski definition) is 5. The third-order valence-corrected chi connectivity index (χ3v) is 5.76. The van der Waals surface area contributed by atoms with Crippen molar-refractivity contribution in [1.29, 1.82) is 0 Å². The van der Waals surface area contributed by atoms with Gasteiger partial charge in [-0.1, -0.05) is 32.1 Å². The molecule has 13 heteroatoms. The van der Waals surface area contributed by atoms with Crippen molar-refractivity contribution in [2.75, 3.05) is 5.32 Å². The first-order valence-corrected chi connectivity index (χ1v) is 11.7. The van der Waals surface area contributed by atoms with E-state index in [4.69, 9.17) is 10.8 Å². The lowest BCUT2D eigenvalue weighted by Crippen LogP contribution is -2.44. The first kappa shape index (κ1) is 28.0. The summed E-state index contributed by atoms with van der Waals surface area (Å²) in [5.41, 5.74) is 4.55. The van der Waals surface area contributed by atoms with E-state index in [2.05, 4.69) is 20.6 Å². The standard InChI is InChI=1S/C25H28F2N6O5/c1-14(2)25(26,27)15-7-5-9-16-21(15)32-20(29-16)13-33-12-6-10-18(23(33)36)30-22(35)17(31-24(37)38)8-3-4-11-19(28)34/h4-7,9-12,14,17,31H,3,8,13H2,1-2H3,(H2,28,34)(H,29,32)(H,30,35)(H,37,38)/b11-4+/t17-/m0/s1. The van der Waals surface area contributed by atoms with Crippen molar-refractivity contribution in [2.24, 2.45) is 11.7 Å². The first-order chi connectivity index (χ1) is 17.9. The fraction of sp³-hybridized carbons (Fsp3) is 0.320. The molecule has 3 amide bonds. The maximum Gasteiger partial charge on any atom is 0.405 e. The third kappa shape index (κ3) is 6.60. The lowest BCUT2D eigenvalue weighted by molar-refractivity contribution is -0.118. The molecule has 3 aromatic rings. The number of allylic oxidation sites excluding steroid dienone is 1. The van der Waals surface area contributed by atoms with Crippen molar-refractivity contribution >= 4 is 34.6 Å². The van der Waals surface area contributed by atoms with Crippen LogP contribution >= 0.6 is 0 Å². The van der Waals surface area contributed by atoms with E-state index >= 15 is 0 Å². The Labute approximate surface area is 215 Å². The second-order valence-corrected chi connectivity index (χ2v) is 8.89. The van der Waals surface area contributed by atoms with E-state index in [9.17, 15) is 28.0 Å². The van der Waals surface area contributed by atoms with Gasteiger partial charge in [0.1, 0.15) is 17.6 Å². The number of imidazole rings is 1. The molecule has 3 rings (SSSR count). The lowest BCUT2D eigenvalue weighted by Gasteiger charge is -2.20. The minimum Gasteiger partial charge on any atom is -0.465 e. The normalized spacial score (nSPS) is 12.7. The Hall–Kier alpha value is -4.55. The SMILES string of the molecule is CC(C)C(F)(F)c1cccc2[nH]c(Cn3cccc(NC(=O)[C@H](CC/C=C/C(N)=O)NC(=O)O)c3=O)nc12. The van der Waals surface area contributed by atoms with Gasteiger partial charge in [0.15, 0.2) is 0 Å². The van der Waals surface area contributed by atoms with Crippen LogP contribution in [0.25, 0.3) is 11.0 Å². The molecular formula is C25H28F2N6O5. The Kier molecular flexibility index (Phi) is 8.61. The van der Waals surface area contributed by atoms with Crippen LogP contribution in [0, 0.1) is 5.92 Å². The van der Waals surface area contributed by atoms with Crippen LogP contribution < -0.4 is 21.9 Å². The Balaban J connectivity index is 1.82. The van der Waals surface area contributed by atoms with Gasteiger partial charge in [-0.2, -0.15) is 0 Å². The number of amides is 3. The van der Waals surface area contributed by atoms with E-state index in [1.165, 1.54) is 55.0 Å². The van der Waals surface area contributed by atoms with E-state index < -0.39 is 41.3 Å². The molecule has 0 unspecified atom stereocenters. The summed E-state index contributed by atoms with van der Waals surface area (Å²) < 4.78 is 30.7. The molecule has 0 fully saturated rings. The highest BCUT2D eigenvalue weighted by Crippen LogP contribution is 2.38. The minimum absolute atomic E-state index is 0.00522. The molecule has 1 atom stereocenters. The van der Waals surface area contributed by atoms with Crippen molar-refractivity contribution < 1.29 is 28.3 Å². The number of rotatable bonds is 11. The summed E-state index contributed by atoms with van der Waals surface area (Å²) in [6.45, 7) is 2.73. The van der Waals surface area contributed by atoms with Crippen molar-refractivity contribution in [2.45, 2.75) is 45.2 Å². The quantitative estimate of drug-likeness (QED) is 0.238. The Bertz CT molecular complexity index is 1430. The highest BCUT2D eigenvalue weighted by Gasteiger charge is 2.37. The number of carbonyl (C=O) groups excluding carboxylic acids is 2. The third-order valence-electron chi connectivity index (χ3n) is 5.76. The summed E-state index contributed by atoms with van der Waals surface area (Å²) in [4.78, 5) is 54.9. The van der Waals surface area contributed by atoms with Crippen LogP contribution in [-0.2, 0) is 22.1 Å². The molecule has 0 bridgehead atoms. The summed E-state index contributed by atoms with van der Waals surface area (Å²) in [6.07, 6.45) is 2.67. The molecule has 11 nitrogen and oxygen atoms in total. The zero-order chi connectivity index (χ0) is 28.0. The minimum atomic E-state index is -3.11. The van der Waals surface area contributed by atoms with Crippen LogP contribution in [0.2, 0.25) is 0 Å². The van der Waals surface area contributed by atoms with Gasteiger partial charge in [0.25, 0.3) is 11.5 Å². The van der Waals surface area contributed by atoms with Crippen molar-refractivity contribution in [3.63, 3.8) is 0 Å². The molecule has 0 radical (unpaired) electrons. The van der Waals surface area contributed by atoms with Gasteiger partial charge in [0.05, 0.1) is 17.6 Å². The number of halogens is 2. The highest BCUT2D eigenvalue weighted by molar-refractivity contribution is 5.96. The molecule has 38 heavy (non-hydrogen) atoms. The van der Waals surface area contributed by atoms with E-state index in [1.807, 2.05) is 0 Å². The second kappa shape index (κ2) is 11.7. The largest absolute Gasteiger partial charge is 0.465 e. The Morgan fingerprint density at radius 1 is 1.24 bits per heavy atom. The van der Waals surface area contributed by atoms with Crippen molar-refractivity contribution in [3.8, 4) is 0 Å². The number of carboxylic acid groups (broad SMARTS) is 1. The zero-order valence-electron chi connectivity index (χ0n) is 20.7. The molecule has 2 aromatic heterocycles. The average Bonchev–Trinajstić information content (AvgIpc) is 3.25. The van der Waals surface area contributed by atoms with Crippen LogP contribution in [0.4, 0.5) is 19.3 Å². The predicted molar refractivity (Wildman–Crippen MR) is 136 cm³/mol. The maximum absolute atomic E-state index is 14.7. The van der Waals surface area contributed by atoms with E-state index in [1.54, 1.807) is 6.07 Å². The number of alkyl halides is 2. The predicted octanol–water partition coefficient (Wildman–Crippen LogP) is 2.92. The van der Waals surface area contributed by atoms with Gasteiger partial charge in [-0.15, -0.1) is 0 Å². The van der Waals surface area contributed by atoms with Gasteiger partial charge in [-0.05, 0) is 37.1 Å². The van der Waals surface area contributed by atoms with E-state index in [-0.39, 0.29) is 42.0 Å². The summed E-state index contributed by atoms with van der Waals surface area (Å²) >= 11 is 0. The van der Waals surface area contributed by atoms with Gasteiger partial charge in [-0.3, -0.25) is 14.4 Å². The molecule has 1 aromatic carbocycles. The molecule has 0 aliphatic heterocycles. The number of nitrogens with zero attached hydrogens (tertiary/aromatic N) is 2. The highest BCUT2D eigenvalue weighted by atomic mass is 19.3. The van der Waals surface area contributed by atoms with Crippen LogP contribution in [0.5, 0.6) is 0 Å². The zero-order valence-corrected chi connectivity index (χ0v) is 20.7. The van der Waals surface area contributed by atoms with Gasteiger partial charge in [0, 0.05) is 17.7 Å². The van der Waals surface area contributed by atoms with Crippen molar-refractivity contribution in [3.05, 3.63) is 70.4 Å². The maximum atomic E-state index is 14.7. The van der Waals surface area contributed by atoms with Crippen LogP contribution in [0.15, 0.2) is 53.5 Å². The number of carbonyl (C=O) groups is 3. The number of para-hydroxylation sites is 1. The smallest absolute Gasteiger partial charge is 0.405 e. The van der Waals surface area contributed by atoms with E-state index in [0.717, 1.165) is 6.08 Å². The Morgan fingerprint density at radius 2 is 1.97 bits per heavy atom. The monoisotopic (exact) mass is 530 g/mol. The number of aromatic amines is 1. The number of pyridine rings is 1. The summed E-state index contributed by atoms with van der Waals surface area (Å²) in [6, 6.07) is 6.06. The number of nitrogens with one attached hydrogen (secondary N) is 3. The number of hydrogen-bond donors (Lipinski definition) is 5. The average molecular weight is 531 g/mol. The number of benzene rings is 1. The molecule has 0 saturated carbocycles. The number of anilines is 1. The van der Waals surface area contributed by atoms with Crippen LogP contribution in [-0.4, -0.2) is 43.6 Å². The van der Waals surface area contributed by atoms with Gasteiger partial charge in [-0.25, -0.2) is 18.6 Å². The van der Waals surface area contributed by atoms with Gasteiger partial charge >= 0.3 is 6.09 Å². The van der Waals surface area contributed by atoms with E-state index in [0.29, 0.717) is 5.52 Å². The number of primary amides is 1. The number of nitrogens with two attached hydrogens (primary N) is 1. The fourth-order valence-electron chi connectivity index (χ4n) is 3.76. The number of fused-ring (bicyclic) bond motifs is 1. The van der Waals surface area contributed by atoms with Gasteiger partial charge < -0.3 is 31.0 Å². The summed E-state index contributed by atoms with van der Waals surface area (Å²) in [5.74, 6) is -5.27. The van der Waals surface area contributed by atoms with Crippen LogP contribution in [0.3, 0.4) is 0 Å². The molecule has 0 aliphatic carbocycles.